The molecule has 0 saturated carbocycles. The molecule has 2 N–H and O–H groups in total. The van der Waals surface area contributed by atoms with Crippen LogP contribution in [0.4, 0.5) is 0 Å². The summed E-state index contributed by atoms with van der Waals surface area (Å²) >= 11 is 1.98. The number of imide groups is 1. The summed E-state index contributed by atoms with van der Waals surface area (Å²) in [6.07, 6.45) is 4.08. The first kappa shape index (κ1) is 18.8. The van der Waals surface area contributed by atoms with Gasteiger partial charge in [0.1, 0.15) is 0 Å². The number of nitrogens with one attached hydrogen (secondary N) is 2. The van der Waals surface area contributed by atoms with Gasteiger partial charge in [-0.2, -0.15) is 11.8 Å². The lowest BCUT2D eigenvalue weighted by atomic mass is 10.1. The number of hydrogen-bond donors (Lipinski definition) is 2. The Morgan fingerprint density at radius 3 is 2.58 bits per heavy atom. The average Bonchev–Trinajstić information content (AvgIpc) is 2.92. The Morgan fingerprint density at radius 1 is 1.23 bits per heavy atom. The van der Waals surface area contributed by atoms with Crippen LogP contribution in [0.2, 0.25) is 0 Å². The number of thioether (sulfide) groups is 1. The summed E-state index contributed by atoms with van der Waals surface area (Å²) in [7, 11) is 1.78. The number of unbranched alkanes of at least 4 members (excludes halogenated alkanes) is 1. The predicted molar refractivity (Wildman–Crippen MR) is 106 cm³/mol. The maximum Gasteiger partial charge on any atom is 0.261 e. The first-order valence-corrected chi connectivity index (χ1v) is 10.4. The Kier molecular flexibility index (Phi) is 6.55. The fourth-order valence-corrected chi connectivity index (χ4v) is 4.36. The first-order valence-electron chi connectivity index (χ1n) is 9.21. The Hall–Kier alpha value is -2.02. The number of guanidine groups is 1. The Morgan fingerprint density at radius 2 is 1.96 bits per heavy atom. The van der Waals surface area contributed by atoms with E-state index >= 15 is 0 Å². The molecule has 1 aromatic carbocycles. The molecule has 7 heteroatoms. The van der Waals surface area contributed by atoms with Crippen molar-refractivity contribution in [3.05, 3.63) is 35.4 Å². The number of nitrogens with zero attached hydrogens (tertiary/aromatic N) is 2. The molecule has 6 nitrogen and oxygen atoms in total. The van der Waals surface area contributed by atoms with Gasteiger partial charge in [0.25, 0.3) is 11.8 Å². The van der Waals surface area contributed by atoms with Crippen LogP contribution in [0.25, 0.3) is 0 Å². The smallest absolute Gasteiger partial charge is 0.261 e. The minimum atomic E-state index is -0.175. The number of carbonyl (C=O) groups is 2. The minimum Gasteiger partial charge on any atom is -0.356 e. The van der Waals surface area contributed by atoms with Gasteiger partial charge < -0.3 is 10.6 Å². The normalized spacial score (nSPS) is 20.3. The van der Waals surface area contributed by atoms with E-state index in [-0.39, 0.29) is 11.8 Å². The summed E-state index contributed by atoms with van der Waals surface area (Å²) in [5.41, 5.74) is 1.04. The van der Waals surface area contributed by atoms with Crippen LogP contribution < -0.4 is 10.6 Å². The zero-order valence-corrected chi connectivity index (χ0v) is 16.0. The molecular weight excluding hydrogens is 348 g/mol. The Balaban J connectivity index is 1.38. The SMILES string of the molecule is CN=C(NCCCCN1C(=O)c2ccccc2C1=O)NC1CCCSC1. The topological polar surface area (TPSA) is 73.8 Å². The van der Waals surface area contributed by atoms with Crippen molar-refractivity contribution in [2.45, 2.75) is 31.7 Å². The molecule has 1 atom stereocenters. The van der Waals surface area contributed by atoms with E-state index in [0.717, 1.165) is 31.1 Å². The summed E-state index contributed by atoms with van der Waals surface area (Å²) in [5, 5.41) is 6.79. The molecule has 0 radical (unpaired) electrons. The number of carbonyl (C=O) groups excluding carboxylic acids is 2. The minimum absolute atomic E-state index is 0.175. The third-order valence-electron chi connectivity index (χ3n) is 4.70. The van der Waals surface area contributed by atoms with Gasteiger partial charge in [-0.05, 0) is 43.6 Å². The van der Waals surface area contributed by atoms with E-state index in [1.807, 2.05) is 11.8 Å². The quantitative estimate of drug-likeness (QED) is 0.345. The fraction of sp³-hybridized carbons (Fsp3) is 0.526. The highest BCUT2D eigenvalue weighted by Crippen LogP contribution is 2.22. The standard InChI is InChI=1S/C19H26N4O2S/c1-20-19(22-14-7-6-12-26-13-14)21-10-4-5-11-23-17(24)15-8-2-3-9-16(15)18(23)25/h2-3,8-9,14H,4-7,10-13H2,1H3,(H2,20,21,22). The highest BCUT2D eigenvalue weighted by Gasteiger charge is 2.34. The number of rotatable bonds is 6. The van der Waals surface area contributed by atoms with Gasteiger partial charge in [0.2, 0.25) is 0 Å². The van der Waals surface area contributed by atoms with Crippen molar-refractivity contribution in [1.29, 1.82) is 0 Å². The molecule has 2 amide bonds. The predicted octanol–water partition coefficient (Wildman–Crippen LogP) is 2.12. The monoisotopic (exact) mass is 374 g/mol. The van der Waals surface area contributed by atoms with E-state index < -0.39 is 0 Å². The van der Waals surface area contributed by atoms with Gasteiger partial charge in [-0.1, -0.05) is 12.1 Å². The van der Waals surface area contributed by atoms with E-state index in [9.17, 15) is 9.59 Å². The average molecular weight is 375 g/mol. The number of aliphatic imine (C=N–C) groups is 1. The molecule has 1 aromatic rings. The van der Waals surface area contributed by atoms with E-state index in [2.05, 4.69) is 15.6 Å². The van der Waals surface area contributed by atoms with Crippen LogP contribution in [-0.2, 0) is 0 Å². The molecule has 1 fully saturated rings. The van der Waals surface area contributed by atoms with Gasteiger partial charge in [0, 0.05) is 31.9 Å². The third kappa shape index (κ3) is 4.38. The Labute approximate surface area is 158 Å². The van der Waals surface area contributed by atoms with Crippen molar-refractivity contribution < 1.29 is 9.59 Å². The van der Waals surface area contributed by atoms with Crippen LogP contribution in [0.3, 0.4) is 0 Å². The summed E-state index contributed by atoms with van der Waals surface area (Å²) < 4.78 is 0. The van der Waals surface area contributed by atoms with Gasteiger partial charge in [-0.15, -0.1) is 0 Å². The van der Waals surface area contributed by atoms with Crippen LogP contribution in [0.15, 0.2) is 29.3 Å². The largest absolute Gasteiger partial charge is 0.356 e. The molecule has 2 aliphatic rings. The van der Waals surface area contributed by atoms with Gasteiger partial charge in [-0.3, -0.25) is 19.5 Å². The summed E-state index contributed by atoms with van der Waals surface area (Å²) in [5.74, 6) is 2.86. The first-order chi connectivity index (χ1) is 12.7. The molecule has 0 bridgehead atoms. The second kappa shape index (κ2) is 9.07. The molecule has 0 spiro atoms. The van der Waals surface area contributed by atoms with Crippen molar-refractivity contribution in [2.75, 3.05) is 31.6 Å². The molecule has 0 aliphatic carbocycles. The molecular formula is C19H26N4O2S. The van der Waals surface area contributed by atoms with E-state index in [1.54, 1.807) is 31.3 Å². The van der Waals surface area contributed by atoms with E-state index in [4.69, 9.17) is 0 Å². The molecule has 0 aromatic heterocycles. The summed E-state index contributed by atoms with van der Waals surface area (Å²) in [6.45, 7) is 1.22. The number of amides is 2. The highest BCUT2D eigenvalue weighted by molar-refractivity contribution is 7.99. The summed E-state index contributed by atoms with van der Waals surface area (Å²) in [6, 6.07) is 7.51. The number of benzene rings is 1. The van der Waals surface area contributed by atoms with E-state index in [1.165, 1.54) is 23.5 Å². The van der Waals surface area contributed by atoms with E-state index in [0.29, 0.717) is 23.7 Å². The van der Waals surface area contributed by atoms with Crippen LogP contribution in [0.1, 0.15) is 46.4 Å². The fourth-order valence-electron chi connectivity index (χ4n) is 3.29. The third-order valence-corrected chi connectivity index (χ3v) is 5.92. The zero-order valence-electron chi connectivity index (χ0n) is 15.2. The van der Waals surface area contributed by atoms with Crippen molar-refractivity contribution in [2.24, 2.45) is 4.99 Å². The Bertz CT molecular complexity index is 651. The number of fused-ring (bicyclic) bond motifs is 1. The van der Waals surface area contributed by atoms with Crippen LogP contribution in [0.5, 0.6) is 0 Å². The van der Waals surface area contributed by atoms with Crippen LogP contribution in [0, 0.1) is 0 Å². The lowest BCUT2D eigenvalue weighted by Crippen LogP contribution is -2.45. The molecule has 2 heterocycles. The lowest BCUT2D eigenvalue weighted by Gasteiger charge is -2.24. The van der Waals surface area contributed by atoms with Gasteiger partial charge in [0.05, 0.1) is 11.1 Å². The molecule has 140 valence electrons. The van der Waals surface area contributed by atoms with Crippen LogP contribution in [-0.4, -0.2) is 60.4 Å². The zero-order chi connectivity index (χ0) is 18.4. The van der Waals surface area contributed by atoms with Crippen molar-refractivity contribution in [1.82, 2.24) is 15.5 Å². The van der Waals surface area contributed by atoms with Gasteiger partial charge >= 0.3 is 0 Å². The molecule has 2 aliphatic heterocycles. The molecule has 1 saturated heterocycles. The van der Waals surface area contributed by atoms with Crippen LogP contribution >= 0.6 is 11.8 Å². The molecule has 26 heavy (non-hydrogen) atoms. The maximum atomic E-state index is 12.3. The van der Waals surface area contributed by atoms with Crippen molar-refractivity contribution in [3.8, 4) is 0 Å². The number of hydrogen-bond acceptors (Lipinski definition) is 4. The second-order valence-electron chi connectivity index (χ2n) is 6.57. The van der Waals surface area contributed by atoms with Gasteiger partial charge in [-0.25, -0.2) is 0 Å². The van der Waals surface area contributed by atoms with Crippen molar-refractivity contribution >= 4 is 29.5 Å². The van der Waals surface area contributed by atoms with Crippen molar-refractivity contribution in [3.63, 3.8) is 0 Å². The molecule has 3 rings (SSSR count). The second-order valence-corrected chi connectivity index (χ2v) is 7.72. The molecule has 1 unspecified atom stereocenters. The van der Waals surface area contributed by atoms with Gasteiger partial charge in [0.15, 0.2) is 5.96 Å². The highest BCUT2D eigenvalue weighted by atomic mass is 32.2. The summed E-state index contributed by atoms with van der Waals surface area (Å²) in [4.78, 5) is 30.2. The lowest BCUT2D eigenvalue weighted by molar-refractivity contribution is 0.0652. The maximum absolute atomic E-state index is 12.3.